The molecule has 0 bridgehead atoms. The van der Waals surface area contributed by atoms with Crippen molar-refractivity contribution >= 4 is 16.5 Å². The normalized spacial score (nSPS) is 11.2. The number of nitrogens with two attached hydrogens (primary N) is 1. The molecule has 6 heteroatoms. The Labute approximate surface area is 97.8 Å². The molecule has 2 heterocycles. The molecule has 0 fully saturated rings. The smallest absolute Gasteiger partial charge is 0.262 e. The largest absolute Gasteiger partial charge is 0.389 e. The standard InChI is InChI=1S/C10H14N4OS/c1-5(2)4-7-12-10(15-13-7)8-6(3)14-16-9(8)11/h5H,4,11H2,1-3H3. The van der Waals surface area contributed by atoms with Crippen LogP contribution in [0.2, 0.25) is 0 Å². The first-order chi connectivity index (χ1) is 7.58. The number of aryl methyl sites for hydroxylation is 1. The monoisotopic (exact) mass is 238 g/mol. The molecular weight excluding hydrogens is 224 g/mol. The second-order valence-electron chi connectivity index (χ2n) is 4.12. The molecule has 0 saturated carbocycles. The van der Waals surface area contributed by atoms with E-state index in [1.807, 2.05) is 6.92 Å². The molecule has 0 saturated heterocycles. The van der Waals surface area contributed by atoms with Crippen molar-refractivity contribution in [1.29, 1.82) is 0 Å². The number of rotatable bonds is 3. The highest BCUT2D eigenvalue weighted by atomic mass is 32.1. The van der Waals surface area contributed by atoms with Gasteiger partial charge in [0.25, 0.3) is 5.89 Å². The number of hydrogen-bond acceptors (Lipinski definition) is 6. The van der Waals surface area contributed by atoms with E-state index in [2.05, 4.69) is 28.4 Å². The van der Waals surface area contributed by atoms with Gasteiger partial charge in [-0.25, -0.2) is 0 Å². The van der Waals surface area contributed by atoms with E-state index in [1.165, 1.54) is 11.5 Å². The molecule has 0 aliphatic rings. The molecule has 86 valence electrons. The number of nitrogens with zero attached hydrogens (tertiary/aromatic N) is 3. The van der Waals surface area contributed by atoms with Crippen molar-refractivity contribution in [2.75, 3.05) is 5.73 Å². The highest BCUT2D eigenvalue weighted by Crippen LogP contribution is 2.30. The molecule has 0 aliphatic carbocycles. The average Bonchev–Trinajstić information content (AvgIpc) is 2.73. The summed E-state index contributed by atoms with van der Waals surface area (Å²) < 4.78 is 9.35. The first kappa shape index (κ1) is 11.1. The van der Waals surface area contributed by atoms with E-state index in [4.69, 9.17) is 10.3 Å². The van der Waals surface area contributed by atoms with Crippen molar-refractivity contribution < 1.29 is 4.52 Å². The molecule has 0 unspecified atom stereocenters. The van der Waals surface area contributed by atoms with Gasteiger partial charge in [-0.1, -0.05) is 19.0 Å². The quantitative estimate of drug-likeness (QED) is 0.887. The Morgan fingerprint density at radius 1 is 1.44 bits per heavy atom. The lowest BCUT2D eigenvalue weighted by Gasteiger charge is -1.96. The van der Waals surface area contributed by atoms with E-state index in [0.717, 1.165) is 23.5 Å². The molecule has 2 aromatic rings. The molecule has 2 rings (SSSR count). The zero-order valence-electron chi connectivity index (χ0n) is 9.52. The van der Waals surface area contributed by atoms with Crippen molar-refractivity contribution in [2.45, 2.75) is 27.2 Å². The summed E-state index contributed by atoms with van der Waals surface area (Å²) in [6.07, 6.45) is 0.806. The summed E-state index contributed by atoms with van der Waals surface area (Å²) in [4.78, 5) is 4.32. The molecule has 2 N–H and O–H groups in total. The lowest BCUT2D eigenvalue weighted by Crippen LogP contribution is -1.96. The maximum Gasteiger partial charge on any atom is 0.262 e. The molecule has 0 aromatic carbocycles. The number of aromatic nitrogens is 3. The average molecular weight is 238 g/mol. The lowest BCUT2D eigenvalue weighted by molar-refractivity contribution is 0.418. The molecule has 2 aromatic heterocycles. The van der Waals surface area contributed by atoms with Crippen LogP contribution in [0.3, 0.4) is 0 Å². The topological polar surface area (TPSA) is 77.8 Å². The van der Waals surface area contributed by atoms with Gasteiger partial charge in [-0.15, -0.1) is 0 Å². The zero-order valence-corrected chi connectivity index (χ0v) is 10.3. The molecule has 0 atom stereocenters. The third-order valence-corrected chi connectivity index (χ3v) is 2.93. The Kier molecular flexibility index (Phi) is 2.91. The van der Waals surface area contributed by atoms with Gasteiger partial charge in [-0.05, 0) is 24.4 Å². The Morgan fingerprint density at radius 3 is 2.75 bits per heavy atom. The van der Waals surface area contributed by atoms with Crippen LogP contribution in [0.1, 0.15) is 25.4 Å². The molecule has 0 amide bonds. The van der Waals surface area contributed by atoms with Gasteiger partial charge < -0.3 is 10.3 Å². The summed E-state index contributed by atoms with van der Waals surface area (Å²) in [5.74, 6) is 1.69. The van der Waals surface area contributed by atoms with E-state index in [0.29, 0.717) is 16.8 Å². The predicted molar refractivity (Wildman–Crippen MR) is 63.1 cm³/mol. The van der Waals surface area contributed by atoms with Crippen molar-refractivity contribution in [3.63, 3.8) is 0 Å². The van der Waals surface area contributed by atoms with Gasteiger partial charge in [-0.3, -0.25) is 0 Å². The number of nitrogen functional groups attached to an aromatic ring is 1. The summed E-state index contributed by atoms with van der Waals surface area (Å²) in [5, 5.41) is 4.55. The molecule has 0 radical (unpaired) electrons. The molecule has 0 spiro atoms. The van der Waals surface area contributed by atoms with E-state index >= 15 is 0 Å². The minimum Gasteiger partial charge on any atom is -0.389 e. The first-order valence-electron chi connectivity index (χ1n) is 5.12. The fraction of sp³-hybridized carbons (Fsp3) is 0.500. The maximum atomic E-state index is 5.81. The van der Waals surface area contributed by atoms with Crippen LogP contribution in [-0.4, -0.2) is 14.5 Å². The Bertz CT molecular complexity index is 469. The van der Waals surface area contributed by atoms with E-state index in [9.17, 15) is 0 Å². The maximum absolute atomic E-state index is 5.81. The summed E-state index contributed by atoms with van der Waals surface area (Å²) in [6.45, 7) is 6.11. The van der Waals surface area contributed by atoms with Crippen LogP contribution < -0.4 is 5.73 Å². The van der Waals surface area contributed by atoms with Crippen molar-refractivity contribution in [3.8, 4) is 11.5 Å². The van der Waals surface area contributed by atoms with Gasteiger partial charge in [0.2, 0.25) is 0 Å². The van der Waals surface area contributed by atoms with E-state index < -0.39 is 0 Å². The van der Waals surface area contributed by atoms with E-state index in [1.54, 1.807) is 0 Å². The van der Waals surface area contributed by atoms with Crippen LogP contribution in [0.5, 0.6) is 0 Å². The van der Waals surface area contributed by atoms with Crippen LogP contribution in [0.15, 0.2) is 4.52 Å². The second kappa shape index (κ2) is 4.21. The number of hydrogen-bond donors (Lipinski definition) is 1. The summed E-state index contributed by atoms with van der Waals surface area (Å²) in [6, 6.07) is 0. The van der Waals surface area contributed by atoms with Gasteiger partial charge in [0, 0.05) is 6.42 Å². The van der Waals surface area contributed by atoms with Gasteiger partial charge in [0.1, 0.15) is 5.00 Å². The Morgan fingerprint density at radius 2 is 2.19 bits per heavy atom. The third kappa shape index (κ3) is 2.06. The SMILES string of the molecule is Cc1nsc(N)c1-c1nc(CC(C)C)no1. The second-order valence-corrected chi connectivity index (χ2v) is 4.93. The third-order valence-electron chi connectivity index (χ3n) is 2.16. The van der Waals surface area contributed by atoms with Crippen molar-refractivity contribution in [3.05, 3.63) is 11.5 Å². The van der Waals surface area contributed by atoms with Gasteiger partial charge in [-0.2, -0.15) is 9.36 Å². The molecule has 0 aliphatic heterocycles. The zero-order chi connectivity index (χ0) is 11.7. The summed E-state index contributed by atoms with van der Waals surface area (Å²) in [5.41, 5.74) is 7.42. The lowest BCUT2D eigenvalue weighted by atomic mass is 10.1. The highest BCUT2D eigenvalue weighted by molar-refractivity contribution is 7.10. The summed E-state index contributed by atoms with van der Waals surface area (Å²) in [7, 11) is 0. The van der Waals surface area contributed by atoms with Crippen LogP contribution in [-0.2, 0) is 6.42 Å². The fourth-order valence-electron chi connectivity index (χ4n) is 1.45. The minimum absolute atomic E-state index is 0.472. The predicted octanol–water partition coefficient (Wildman–Crippen LogP) is 2.28. The number of anilines is 1. The van der Waals surface area contributed by atoms with Gasteiger partial charge in [0.05, 0.1) is 11.3 Å². The van der Waals surface area contributed by atoms with Crippen molar-refractivity contribution in [2.24, 2.45) is 5.92 Å². The highest BCUT2D eigenvalue weighted by Gasteiger charge is 2.17. The fourth-order valence-corrected chi connectivity index (χ4v) is 2.10. The Balaban J connectivity index is 2.32. The molecule has 16 heavy (non-hydrogen) atoms. The van der Waals surface area contributed by atoms with Crippen LogP contribution in [0, 0.1) is 12.8 Å². The molecule has 5 nitrogen and oxygen atoms in total. The van der Waals surface area contributed by atoms with Crippen molar-refractivity contribution in [1.82, 2.24) is 14.5 Å². The first-order valence-corrected chi connectivity index (χ1v) is 5.90. The molecular formula is C10H14N4OS. The summed E-state index contributed by atoms with van der Waals surface area (Å²) >= 11 is 1.25. The van der Waals surface area contributed by atoms with Gasteiger partial charge >= 0.3 is 0 Å². The van der Waals surface area contributed by atoms with Crippen LogP contribution >= 0.6 is 11.5 Å². The van der Waals surface area contributed by atoms with Crippen LogP contribution in [0.25, 0.3) is 11.5 Å². The minimum atomic E-state index is 0.472. The van der Waals surface area contributed by atoms with Crippen LogP contribution in [0.4, 0.5) is 5.00 Å². The van der Waals surface area contributed by atoms with Gasteiger partial charge in [0.15, 0.2) is 5.82 Å². The Hall–Kier alpha value is -1.43. The van der Waals surface area contributed by atoms with E-state index in [-0.39, 0.29) is 0 Å².